The van der Waals surface area contributed by atoms with Gasteiger partial charge in [0.25, 0.3) is 0 Å². The highest BCUT2D eigenvalue weighted by molar-refractivity contribution is 8.19. The van der Waals surface area contributed by atoms with Crippen LogP contribution in [0.5, 0.6) is 0 Å². The van der Waals surface area contributed by atoms with Gasteiger partial charge in [0, 0.05) is 9.79 Å². The molecule has 0 fully saturated rings. The highest BCUT2D eigenvalue weighted by atomic mass is 32.2. The molecule has 0 amide bonds. The summed E-state index contributed by atoms with van der Waals surface area (Å²) in [5, 5.41) is 0. The molecule has 0 N–H and O–H groups in total. The Hall–Kier alpha value is -0.0800. The Labute approximate surface area is 82.1 Å². The predicted octanol–water partition coefficient (Wildman–Crippen LogP) is 3.87. The lowest BCUT2D eigenvalue weighted by atomic mass is 10.3. The Morgan fingerprint density at radius 1 is 1.08 bits per heavy atom. The van der Waals surface area contributed by atoms with Gasteiger partial charge in [-0.3, -0.25) is 0 Å². The molecule has 0 atom stereocenters. The van der Waals surface area contributed by atoms with Crippen LogP contribution in [-0.2, 0) is 0 Å². The van der Waals surface area contributed by atoms with Gasteiger partial charge in [-0.25, -0.2) is 0 Å². The van der Waals surface area contributed by atoms with Crippen molar-refractivity contribution in [2.24, 2.45) is 5.92 Å². The van der Waals surface area contributed by atoms with E-state index in [1.54, 1.807) is 0 Å². The van der Waals surface area contributed by atoms with Crippen LogP contribution < -0.4 is 0 Å². The Balaban J connectivity index is 2.22. The molecule has 0 saturated carbocycles. The summed E-state index contributed by atoms with van der Waals surface area (Å²) in [7, 11) is 0. The van der Waals surface area contributed by atoms with E-state index in [1.165, 1.54) is 9.79 Å². The molecule has 1 heterocycles. The molecule has 0 nitrogen and oxygen atoms in total. The van der Waals surface area contributed by atoms with Crippen molar-refractivity contribution in [2.45, 2.75) is 28.2 Å². The maximum Gasteiger partial charge on any atom is 0.0620 e. The lowest BCUT2D eigenvalue weighted by Crippen LogP contribution is -2.01. The molecule has 0 bridgehead atoms. The summed E-state index contributed by atoms with van der Waals surface area (Å²) in [6.45, 7) is 4.58. The van der Waals surface area contributed by atoms with Gasteiger partial charge in [-0.15, -0.1) is 23.5 Å². The largest absolute Gasteiger partial charge is 0.110 e. The summed E-state index contributed by atoms with van der Waals surface area (Å²) in [6, 6.07) is 8.68. The molecule has 2 heteroatoms. The molecule has 0 unspecified atom stereocenters. The van der Waals surface area contributed by atoms with Crippen LogP contribution in [0.1, 0.15) is 13.8 Å². The van der Waals surface area contributed by atoms with Crippen molar-refractivity contribution in [3.05, 3.63) is 24.3 Å². The lowest BCUT2D eigenvalue weighted by molar-refractivity contribution is 0.723. The third kappa shape index (κ3) is 1.50. The first-order valence-corrected chi connectivity index (χ1v) is 5.95. The average molecular weight is 196 g/mol. The third-order valence-electron chi connectivity index (χ3n) is 1.88. The van der Waals surface area contributed by atoms with Crippen molar-refractivity contribution in [2.75, 3.05) is 0 Å². The van der Waals surface area contributed by atoms with E-state index in [9.17, 15) is 0 Å². The van der Waals surface area contributed by atoms with E-state index in [-0.39, 0.29) is 0 Å². The number of hydrogen-bond donors (Lipinski definition) is 0. The van der Waals surface area contributed by atoms with E-state index in [0.29, 0.717) is 0 Å². The molecule has 64 valence electrons. The normalized spacial score (nSPS) is 16.9. The summed E-state index contributed by atoms with van der Waals surface area (Å²) in [5.41, 5.74) is 0. The minimum absolute atomic E-state index is 0.724. The molecule has 0 aliphatic carbocycles. The molecule has 0 aromatic heterocycles. The van der Waals surface area contributed by atoms with E-state index >= 15 is 0 Å². The van der Waals surface area contributed by atoms with Gasteiger partial charge in [-0.1, -0.05) is 26.0 Å². The molecule has 0 spiro atoms. The Kier molecular flexibility index (Phi) is 2.37. The first kappa shape index (κ1) is 8.52. The van der Waals surface area contributed by atoms with E-state index in [4.69, 9.17) is 0 Å². The van der Waals surface area contributed by atoms with E-state index < -0.39 is 0 Å². The number of thioether (sulfide) groups is 2. The summed E-state index contributed by atoms with van der Waals surface area (Å²) in [5.74, 6) is 0.757. The monoisotopic (exact) mass is 196 g/mol. The van der Waals surface area contributed by atoms with Crippen LogP contribution in [0.2, 0.25) is 0 Å². The van der Waals surface area contributed by atoms with Crippen LogP contribution in [0.25, 0.3) is 0 Å². The zero-order valence-electron chi connectivity index (χ0n) is 7.28. The molecule has 1 aliphatic heterocycles. The van der Waals surface area contributed by atoms with E-state index in [1.807, 2.05) is 23.5 Å². The quantitative estimate of drug-likeness (QED) is 0.669. The second kappa shape index (κ2) is 3.35. The molecule has 0 radical (unpaired) electrons. The highest BCUT2D eigenvalue weighted by Crippen LogP contribution is 2.50. The summed E-state index contributed by atoms with van der Waals surface area (Å²) in [4.78, 5) is 2.92. The van der Waals surface area contributed by atoms with Crippen LogP contribution in [0.4, 0.5) is 0 Å². The fourth-order valence-electron chi connectivity index (χ4n) is 1.19. The molecule has 12 heavy (non-hydrogen) atoms. The van der Waals surface area contributed by atoms with Gasteiger partial charge in [0.1, 0.15) is 0 Å². The van der Waals surface area contributed by atoms with Crippen molar-refractivity contribution >= 4 is 23.5 Å². The van der Waals surface area contributed by atoms with Crippen molar-refractivity contribution in [1.82, 2.24) is 0 Å². The van der Waals surface area contributed by atoms with Crippen LogP contribution in [0.15, 0.2) is 34.1 Å². The van der Waals surface area contributed by atoms with E-state index in [2.05, 4.69) is 38.1 Å². The maximum atomic E-state index is 2.29. The van der Waals surface area contributed by atoms with Gasteiger partial charge in [0.15, 0.2) is 0 Å². The molecule has 1 aliphatic rings. The van der Waals surface area contributed by atoms with Crippen LogP contribution in [0.3, 0.4) is 0 Å². The number of rotatable bonds is 1. The molecule has 2 rings (SSSR count). The summed E-state index contributed by atoms with van der Waals surface area (Å²) < 4.78 is 0.724. The fraction of sp³-hybridized carbons (Fsp3) is 0.400. The fourth-order valence-corrected chi connectivity index (χ4v) is 4.02. The molecule has 1 aromatic rings. The van der Waals surface area contributed by atoms with Gasteiger partial charge in [-0.05, 0) is 18.1 Å². The Morgan fingerprint density at radius 3 is 2.00 bits per heavy atom. The lowest BCUT2D eigenvalue weighted by Gasteiger charge is -2.10. The second-order valence-corrected chi connectivity index (χ2v) is 5.96. The van der Waals surface area contributed by atoms with Gasteiger partial charge < -0.3 is 0 Å². The molecule has 1 aromatic carbocycles. The van der Waals surface area contributed by atoms with Crippen LogP contribution in [-0.4, -0.2) is 4.58 Å². The first-order valence-electron chi connectivity index (χ1n) is 4.20. The van der Waals surface area contributed by atoms with E-state index in [0.717, 1.165) is 10.5 Å². The van der Waals surface area contributed by atoms with Gasteiger partial charge in [0.2, 0.25) is 0 Å². The number of fused-ring (bicyclic) bond motifs is 1. The first-order chi connectivity index (χ1) is 5.77. The minimum Gasteiger partial charge on any atom is -0.110 e. The second-order valence-electron chi connectivity index (χ2n) is 3.29. The highest BCUT2D eigenvalue weighted by Gasteiger charge is 2.24. The standard InChI is InChI=1S/C10H12S2/c1-7(2)10-11-8-5-3-4-6-9(8)12-10/h3-7,10H,1-2H3. The maximum absolute atomic E-state index is 2.29. The zero-order valence-corrected chi connectivity index (χ0v) is 8.91. The Morgan fingerprint density at radius 2 is 1.58 bits per heavy atom. The van der Waals surface area contributed by atoms with Crippen LogP contribution >= 0.6 is 23.5 Å². The molecular weight excluding hydrogens is 184 g/mol. The van der Waals surface area contributed by atoms with Crippen molar-refractivity contribution < 1.29 is 0 Å². The topological polar surface area (TPSA) is 0 Å². The smallest absolute Gasteiger partial charge is 0.0620 e. The van der Waals surface area contributed by atoms with Crippen molar-refractivity contribution in [3.8, 4) is 0 Å². The SMILES string of the molecule is CC(C)C1Sc2ccccc2S1. The third-order valence-corrected chi connectivity index (χ3v) is 5.36. The minimum atomic E-state index is 0.724. The predicted molar refractivity (Wildman–Crippen MR) is 56.8 cm³/mol. The average Bonchev–Trinajstić information content (AvgIpc) is 2.46. The molecular formula is C10H12S2. The Bertz CT molecular complexity index is 256. The van der Waals surface area contributed by atoms with Gasteiger partial charge in [0.05, 0.1) is 4.58 Å². The summed E-state index contributed by atoms with van der Waals surface area (Å²) in [6.07, 6.45) is 0. The van der Waals surface area contributed by atoms with Crippen molar-refractivity contribution in [1.29, 1.82) is 0 Å². The van der Waals surface area contributed by atoms with Crippen molar-refractivity contribution in [3.63, 3.8) is 0 Å². The van der Waals surface area contributed by atoms with Crippen LogP contribution in [0, 0.1) is 5.92 Å². The van der Waals surface area contributed by atoms with Gasteiger partial charge >= 0.3 is 0 Å². The summed E-state index contributed by atoms with van der Waals surface area (Å²) >= 11 is 4.01. The number of hydrogen-bond acceptors (Lipinski definition) is 2. The van der Waals surface area contributed by atoms with Gasteiger partial charge in [-0.2, -0.15) is 0 Å². The number of benzene rings is 1. The zero-order chi connectivity index (χ0) is 8.55. The molecule has 0 saturated heterocycles.